The maximum atomic E-state index is 12.2. The molecule has 8 nitrogen and oxygen atoms in total. The van der Waals surface area contributed by atoms with E-state index in [1.807, 2.05) is 6.08 Å². The Morgan fingerprint density at radius 3 is 2.72 bits per heavy atom. The number of carbonyl (C=O) groups excluding carboxylic acids is 1. The van der Waals surface area contributed by atoms with Gasteiger partial charge < -0.3 is 9.15 Å². The van der Waals surface area contributed by atoms with E-state index in [2.05, 4.69) is 16.3 Å². The fraction of sp³-hybridized carbons (Fsp3) is 0.353. The summed E-state index contributed by atoms with van der Waals surface area (Å²) in [7, 11) is 0. The molecule has 0 spiro atoms. The number of carbonyl (C=O) groups is 1. The van der Waals surface area contributed by atoms with Crippen LogP contribution in [0.15, 0.2) is 40.8 Å². The Morgan fingerprint density at radius 1 is 1.32 bits per heavy atom. The summed E-state index contributed by atoms with van der Waals surface area (Å²) >= 11 is 0. The van der Waals surface area contributed by atoms with Crippen LogP contribution >= 0.6 is 0 Å². The van der Waals surface area contributed by atoms with E-state index < -0.39 is 11.0 Å². The first-order chi connectivity index (χ1) is 12.0. The number of benzene rings is 1. The fourth-order valence-corrected chi connectivity index (χ4v) is 2.57. The monoisotopic (exact) mass is 343 g/mol. The van der Waals surface area contributed by atoms with E-state index in [1.165, 1.54) is 24.3 Å². The number of rotatable bonds is 5. The highest BCUT2D eigenvalue weighted by Crippen LogP contribution is 2.26. The highest BCUT2D eigenvalue weighted by Gasteiger charge is 2.25. The lowest BCUT2D eigenvalue weighted by molar-refractivity contribution is -0.384. The van der Waals surface area contributed by atoms with Gasteiger partial charge in [-0.15, -0.1) is 10.2 Å². The molecule has 2 atom stereocenters. The van der Waals surface area contributed by atoms with E-state index in [0.29, 0.717) is 12.0 Å². The summed E-state index contributed by atoms with van der Waals surface area (Å²) in [5.74, 6) is -0.00194. The van der Waals surface area contributed by atoms with Crippen LogP contribution in [0.2, 0.25) is 0 Å². The summed E-state index contributed by atoms with van der Waals surface area (Å²) in [4.78, 5) is 22.3. The quantitative estimate of drug-likeness (QED) is 0.353. The number of aromatic nitrogens is 2. The van der Waals surface area contributed by atoms with Crippen molar-refractivity contribution in [2.75, 3.05) is 0 Å². The molecule has 3 rings (SSSR count). The normalized spacial score (nSPS) is 17.9. The molecule has 1 aliphatic rings. The summed E-state index contributed by atoms with van der Waals surface area (Å²) < 4.78 is 11.0. The maximum absolute atomic E-state index is 12.2. The molecule has 25 heavy (non-hydrogen) atoms. The third kappa shape index (κ3) is 3.90. The Labute approximate surface area is 143 Å². The van der Waals surface area contributed by atoms with E-state index in [-0.39, 0.29) is 29.4 Å². The van der Waals surface area contributed by atoms with Crippen LogP contribution in [0.5, 0.6) is 0 Å². The first-order valence-corrected chi connectivity index (χ1v) is 7.98. The Hall–Kier alpha value is -3.03. The summed E-state index contributed by atoms with van der Waals surface area (Å²) in [6.07, 6.45) is 5.72. The van der Waals surface area contributed by atoms with Gasteiger partial charge in [0.15, 0.2) is 6.10 Å². The molecule has 1 heterocycles. The second kappa shape index (κ2) is 7.25. The molecular weight excluding hydrogens is 326 g/mol. The molecule has 1 aromatic carbocycles. The van der Waals surface area contributed by atoms with Crippen molar-refractivity contribution in [2.45, 2.75) is 32.3 Å². The molecule has 0 saturated carbocycles. The van der Waals surface area contributed by atoms with Gasteiger partial charge in [-0.3, -0.25) is 14.9 Å². The summed E-state index contributed by atoms with van der Waals surface area (Å²) in [5.41, 5.74) is 0.535. The number of nitrogens with zero attached hydrogens (tertiary/aromatic N) is 3. The van der Waals surface area contributed by atoms with Gasteiger partial charge in [-0.2, -0.15) is 0 Å². The highest BCUT2D eigenvalue weighted by molar-refractivity contribution is 5.73. The molecule has 0 aliphatic heterocycles. The van der Waals surface area contributed by atoms with Crippen molar-refractivity contribution < 1.29 is 18.9 Å². The number of allylic oxidation sites excluding steroid dienone is 2. The number of hydrogen-bond donors (Lipinski definition) is 0. The molecule has 8 heteroatoms. The van der Waals surface area contributed by atoms with Gasteiger partial charge in [-0.05, 0) is 38.3 Å². The van der Waals surface area contributed by atoms with Gasteiger partial charge in [0.25, 0.3) is 11.6 Å². The van der Waals surface area contributed by atoms with Crippen molar-refractivity contribution in [2.24, 2.45) is 5.92 Å². The zero-order valence-corrected chi connectivity index (χ0v) is 13.6. The lowest BCUT2D eigenvalue weighted by atomic mass is 9.95. The third-order valence-corrected chi connectivity index (χ3v) is 4.01. The summed E-state index contributed by atoms with van der Waals surface area (Å²) in [5, 5.41) is 18.5. The van der Waals surface area contributed by atoms with Gasteiger partial charge in [0.2, 0.25) is 5.89 Å². The number of non-ortho nitro benzene ring substituents is 1. The Bertz CT molecular complexity index is 797. The molecule has 0 amide bonds. The molecule has 2 aromatic rings. The predicted molar refractivity (Wildman–Crippen MR) is 87.4 cm³/mol. The number of ether oxygens (including phenoxy) is 1. The lowest BCUT2D eigenvalue weighted by Crippen LogP contribution is -2.20. The fourth-order valence-electron chi connectivity index (χ4n) is 2.57. The third-order valence-electron chi connectivity index (χ3n) is 4.01. The maximum Gasteiger partial charge on any atom is 0.310 e. The zero-order valence-electron chi connectivity index (χ0n) is 13.6. The minimum Gasteiger partial charge on any atom is -0.452 e. The van der Waals surface area contributed by atoms with E-state index in [9.17, 15) is 14.9 Å². The van der Waals surface area contributed by atoms with Gasteiger partial charge >= 0.3 is 5.97 Å². The van der Waals surface area contributed by atoms with E-state index in [4.69, 9.17) is 9.15 Å². The summed E-state index contributed by atoms with van der Waals surface area (Å²) in [6, 6.07) is 5.78. The lowest BCUT2D eigenvalue weighted by Gasteiger charge is -2.18. The molecule has 130 valence electrons. The van der Waals surface area contributed by atoms with E-state index in [0.717, 1.165) is 12.8 Å². The first-order valence-electron chi connectivity index (χ1n) is 7.98. The average Bonchev–Trinajstić information content (AvgIpc) is 3.13. The zero-order chi connectivity index (χ0) is 17.8. The standard InChI is InChI=1S/C17H17N3O5/c1-11(24-17(21)13-5-3-2-4-6-13)15-18-19-16(25-15)12-7-9-14(10-8-12)20(22)23/h2-3,7-11,13H,4-6H2,1H3/t11-,13+/m0/s1. The van der Waals surface area contributed by atoms with Crippen LogP contribution in [0.3, 0.4) is 0 Å². The molecule has 0 unspecified atom stereocenters. The van der Waals surface area contributed by atoms with Crippen molar-refractivity contribution in [1.82, 2.24) is 10.2 Å². The minimum atomic E-state index is -0.655. The smallest absolute Gasteiger partial charge is 0.310 e. The molecule has 0 fully saturated rings. The molecular formula is C17H17N3O5. The molecule has 1 aliphatic carbocycles. The van der Waals surface area contributed by atoms with Gasteiger partial charge in [0, 0.05) is 17.7 Å². The van der Waals surface area contributed by atoms with Crippen LogP contribution in [0.4, 0.5) is 5.69 Å². The van der Waals surface area contributed by atoms with Crippen LogP contribution in [0, 0.1) is 16.0 Å². The first kappa shape index (κ1) is 16.8. The minimum absolute atomic E-state index is 0.0210. The second-order valence-electron chi connectivity index (χ2n) is 5.81. The van der Waals surface area contributed by atoms with Crippen molar-refractivity contribution in [1.29, 1.82) is 0 Å². The molecule has 0 N–H and O–H groups in total. The van der Waals surface area contributed by atoms with Gasteiger partial charge in [0.1, 0.15) is 0 Å². The van der Waals surface area contributed by atoms with E-state index >= 15 is 0 Å². The second-order valence-corrected chi connectivity index (χ2v) is 5.81. The topological polar surface area (TPSA) is 108 Å². The van der Waals surface area contributed by atoms with E-state index in [1.54, 1.807) is 6.92 Å². The number of hydrogen-bond acceptors (Lipinski definition) is 7. The van der Waals surface area contributed by atoms with Crippen LogP contribution in [-0.2, 0) is 9.53 Å². The highest BCUT2D eigenvalue weighted by atomic mass is 16.6. The van der Waals surface area contributed by atoms with Crippen LogP contribution in [0.25, 0.3) is 11.5 Å². The van der Waals surface area contributed by atoms with Gasteiger partial charge in [-0.1, -0.05) is 12.2 Å². The van der Waals surface area contributed by atoms with Gasteiger partial charge in [-0.25, -0.2) is 0 Å². The molecule has 0 radical (unpaired) electrons. The Balaban J connectivity index is 1.66. The number of nitro benzene ring substituents is 1. The average molecular weight is 343 g/mol. The Morgan fingerprint density at radius 2 is 2.08 bits per heavy atom. The van der Waals surface area contributed by atoms with Crippen LogP contribution < -0.4 is 0 Å². The number of nitro groups is 1. The summed E-state index contributed by atoms with van der Waals surface area (Å²) in [6.45, 7) is 1.67. The van der Waals surface area contributed by atoms with Crippen molar-refractivity contribution in [3.8, 4) is 11.5 Å². The SMILES string of the molecule is C[C@H](OC(=O)[C@@H]1CC=CCC1)c1nnc(-c2ccc([N+](=O)[O-])cc2)o1. The predicted octanol–water partition coefficient (Wildman–Crippen LogP) is 3.61. The van der Waals surface area contributed by atoms with Crippen molar-refractivity contribution in [3.05, 3.63) is 52.4 Å². The number of esters is 1. The Kier molecular flexibility index (Phi) is 4.87. The molecule has 0 saturated heterocycles. The van der Waals surface area contributed by atoms with Crippen molar-refractivity contribution in [3.63, 3.8) is 0 Å². The molecule has 0 bridgehead atoms. The van der Waals surface area contributed by atoms with Crippen LogP contribution in [-0.4, -0.2) is 21.1 Å². The van der Waals surface area contributed by atoms with Crippen LogP contribution in [0.1, 0.15) is 38.2 Å². The molecule has 1 aromatic heterocycles. The van der Waals surface area contributed by atoms with Crippen molar-refractivity contribution >= 4 is 11.7 Å². The largest absolute Gasteiger partial charge is 0.452 e. The van der Waals surface area contributed by atoms with Gasteiger partial charge in [0.05, 0.1) is 10.8 Å².